The predicted octanol–water partition coefficient (Wildman–Crippen LogP) is 3.21. The molecule has 1 aromatic heterocycles. The van der Waals surface area contributed by atoms with Crippen molar-refractivity contribution < 1.29 is 14.3 Å². The molecule has 7 nitrogen and oxygen atoms in total. The zero-order chi connectivity index (χ0) is 20.8. The van der Waals surface area contributed by atoms with Crippen LogP contribution in [-0.4, -0.2) is 47.9 Å². The smallest absolute Gasteiger partial charge is 0.255 e. The molecule has 0 bridgehead atoms. The topological polar surface area (TPSA) is 83.6 Å². The maximum atomic E-state index is 12.9. The fraction of sp³-hybridized carbons (Fsp3) is 0.409. The van der Waals surface area contributed by atoms with Crippen LogP contribution in [0.25, 0.3) is 0 Å². The molecule has 2 amide bonds. The molecule has 0 radical (unpaired) electrons. The van der Waals surface area contributed by atoms with Crippen LogP contribution in [0.4, 0.5) is 11.5 Å². The molecule has 29 heavy (non-hydrogen) atoms. The van der Waals surface area contributed by atoms with Crippen LogP contribution < -0.4 is 15.4 Å². The summed E-state index contributed by atoms with van der Waals surface area (Å²) < 4.78 is 5.36. The summed E-state index contributed by atoms with van der Waals surface area (Å²) in [5, 5.41) is 6.29. The van der Waals surface area contributed by atoms with Crippen LogP contribution in [0.5, 0.6) is 5.75 Å². The highest BCUT2D eigenvalue weighted by Crippen LogP contribution is 2.27. The Labute approximate surface area is 171 Å². The lowest BCUT2D eigenvalue weighted by molar-refractivity contribution is -0.135. The van der Waals surface area contributed by atoms with Crippen molar-refractivity contribution in [2.45, 2.75) is 32.7 Å². The highest BCUT2D eigenvalue weighted by molar-refractivity contribution is 5.99. The van der Waals surface area contributed by atoms with Gasteiger partial charge in [-0.25, -0.2) is 4.98 Å². The van der Waals surface area contributed by atoms with E-state index in [1.807, 2.05) is 43.0 Å². The van der Waals surface area contributed by atoms with Gasteiger partial charge in [0.1, 0.15) is 11.6 Å². The quantitative estimate of drug-likeness (QED) is 0.783. The number of carbonyl (C=O) groups excluding carboxylic acids is 2. The van der Waals surface area contributed by atoms with Crippen molar-refractivity contribution in [1.29, 1.82) is 0 Å². The summed E-state index contributed by atoms with van der Waals surface area (Å²) in [6, 6.07) is 11.0. The molecule has 154 valence electrons. The molecule has 2 aromatic rings. The molecule has 2 heterocycles. The van der Waals surface area contributed by atoms with Gasteiger partial charge in [-0.2, -0.15) is 0 Å². The summed E-state index contributed by atoms with van der Waals surface area (Å²) in [5.74, 6) is 1.14. The Hall–Kier alpha value is -3.09. The molecule has 7 heteroatoms. The zero-order valence-electron chi connectivity index (χ0n) is 17.1. The molecule has 2 N–H and O–H groups in total. The SMILES string of the molecule is COc1ccccc1Nc1ncccc1C(=O)NC1CCN(C(=O)C(C)C)CC1. The molecule has 0 saturated carbocycles. The van der Waals surface area contributed by atoms with Gasteiger partial charge in [-0.15, -0.1) is 0 Å². The molecule has 1 aromatic carbocycles. The van der Waals surface area contributed by atoms with Crippen molar-refractivity contribution in [2.75, 3.05) is 25.5 Å². The lowest BCUT2D eigenvalue weighted by Crippen LogP contribution is -2.47. The first-order valence-electron chi connectivity index (χ1n) is 9.94. The van der Waals surface area contributed by atoms with Crippen LogP contribution in [0.3, 0.4) is 0 Å². The van der Waals surface area contributed by atoms with Crippen molar-refractivity contribution in [1.82, 2.24) is 15.2 Å². The third-order valence-electron chi connectivity index (χ3n) is 5.05. The molecular formula is C22H28N4O3. The Bertz CT molecular complexity index is 861. The number of carbonyl (C=O) groups is 2. The summed E-state index contributed by atoms with van der Waals surface area (Å²) in [6.07, 6.45) is 3.14. The van der Waals surface area contributed by atoms with E-state index >= 15 is 0 Å². The number of aromatic nitrogens is 1. The summed E-state index contributed by atoms with van der Waals surface area (Å²) >= 11 is 0. The highest BCUT2D eigenvalue weighted by atomic mass is 16.5. The first kappa shape index (κ1) is 20.6. The van der Waals surface area contributed by atoms with E-state index in [0.717, 1.165) is 18.5 Å². The molecule has 1 aliphatic rings. The van der Waals surface area contributed by atoms with E-state index in [9.17, 15) is 9.59 Å². The Kier molecular flexibility index (Phi) is 6.69. The molecule has 1 aliphatic heterocycles. The van der Waals surface area contributed by atoms with Crippen LogP contribution >= 0.6 is 0 Å². The average molecular weight is 396 g/mol. The number of likely N-dealkylation sites (tertiary alicyclic amines) is 1. The Morgan fingerprint density at radius 1 is 1.14 bits per heavy atom. The Morgan fingerprint density at radius 2 is 1.86 bits per heavy atom. The van der Waals surface area contributed by atoms with Crippen LogP contribution in [0, 0.1) is 5.92 Å². The molecule has 1 fully saturated rings. The number of rotatable bonds is 6. The molecule has 3 rings (SSSR count). The monoisotopic (exact) mass is 396 g/mol. The molecule has 1 saturated heterocycles. The van der Waals surface area contributed by atoms with Crippen LogP contribution in [0.1, 0.15) is 37.0 Å². The minimum Gasteiger partial charge on any atom is -0.495 e. The van der Waals surface area contributed by atoms with E-state index in [1.165, 1.54) is 0 Å². The van der Waals surface area contributed by atoms with Gasteiger partial charge in [0.15, 0.2) is 0 Å². The normalized spacial score (nSPS) is 14.6. The third-order valence-corrected chi connectivity index (χ3v) is 5.05. The Balaban J connectivity index is 1.66. The standard InChI is InChI=1S/C22H28N4O3/c1-15(2)22(28)26-13-10-16(11-14-26)24-21(27)17-7-6-12-23-20(17)25-18-8-4-5-9-19(18)29-3/h4-9,12,15-16H,10-11,13-14H2,1-3H3,(H,23,25)(H,24,27). The molecule has 0 aliphatic carbocycles. The minimum atomic E-state index is -0.177. The lowest BCUT2D eigenvalue weighted by atomic mass is 10.0. The number of benzene rings is 1. The van der Waals surface area contributed by atoms with Crippen molar-refractivity contribution in [2.24, 2.45) is 5.92 Å². The first-order chi connectivity index (χ1) is 14.0. The second kappa shape index (κ2) is 9.41. The van der Waals surface area contributed by atoms with Gasteiger partial charge in [0, 0.05) is 31.2 Å². The number of piperidine rings is 1. The van der Waals surface area contributed by atoms with Gasteiger partial charge >= 0.3 is 0 Å². The van der Waals surface area contributed by atoms with E-state index in [0.29, 0.717) is 30.2 Å². The van der Waals surface area contributed by atoms with Gasteiger partial charge in [-0.3, -0.25) is 9.59 Å². The number of hydrogen-bond donors (Lipinski definition) is 2. The zero-order valence-corrected chi connectivity index (χ0v) is 17.1. The lowest BCUT2D eigenvalue weighted by Gasteiger charge is -2.33. The minimum absolute atomic E-state index is 0.000134. The number of pyridine rings is 1. The third kappa shape index (κ3) is 5.04. The number of methoxy groups -OCH3 is 1. The van der Waals surface area contributed by atoms with Gasteiger partial charge in [0.2, 0.25) is 5.91 Å². The highest BCUT2D eigenvalue weighted by Gasteiger charge is 2.26. The predicted molar refractivity (Wildman–Crippen MR) is 112 cm³/mol. The van der Waals surface area contributed by atoms with E-state index < -0.39 is 0 Å². The summed E-state index contributed by atoms with van der Waals surface area (Å²) in [6.45, 7) is 5.16. The van der Waals surface area contributed by atoms with E-state index in [2.05, 4.69) is 15.6 Å². The fourth-order valence-corrected chi connectivity index (χ4v) is 3.44. The number of nitrogens with one attached hydrogen (secondary N) is 2. The van der Waals surface area contributed by atoms with Crippen LogP contribution in [-0.2, 0) is 4.79 Å². The van der Waals surface area contributed by atoms with E-state index in [-0.39, 0.29) is 23.8 Å². The summed E-state index contributed by atoms with van der Waals surface area (Å²) in [7, 11) is 1.60. The van der Waals surface area contributed by atoms with Gasteiger partial charge in [0.25, 0.3) is 5.91 Å². The van der Waals surface area contributed by atoms with Gasteiger partial charge in [0.05, 0.1) is 18.4 Å². The molecular weight excluding hydrogens is 368 g/mol. The summed E-state index contributed by atoms with van der Waals surface area (Å²) in [5.41, 5.74) is 1.21. The second-order valence-electron chi connectivity index (χ2n) is 7.45. The van der Waals surface area contributed by atoms with Crippen molar-refractivity contribution in [3.63, 3.8) is 0 Å². The number of anilines is 2. The van der Waals surface area contributed by atoms with Crippen LogP contribution in [0.2, 0.25) is 0 Å². The van der Waals surface area contributed by atoms with Crippen LogP contribution in [0.15, 0.2) is 42.6 Å². The van der Waals surface area contributed by atoms with E-state index in [1.54, 1.807) is 25.4 Å². The fourth-order valence-electron chi connectivity index (χ4n) is 3.44. The number of para-hydroxylation sites is 2. The number of hydrogen-bond acceptors (Lipinski definition) is 5. The number of ether oxygens (including phenoxy) is 1. The molecule has 0 spiro atoms. The first-order valence-corrected chi connectivity index (χ1v) is 9.94. The van der Waals surface area contributed by atoms with Gasteiger partial charge in [-0.1, -0.05) is 26.0 Å². The maximum absolute atomic E-state index is 12.9. The van der Waals surface area contributed by atoms with Crippen molar-refractivity contribution in [3.8, 4) is 5.75 Å². The largest absolute Gasteiger partial charge is 0.495 e. The summed E-state index contributed by atoms with van der Waals surface area (Å²) in [4.78, 5) is 31.2. The van der Waals surface area contributed by atoms with E-state index in [4.69, 9.17) is 4.74 Å². The number of amides is 2. The second-order valence-corrected chi connectivity index (χ2v) is 7.45. The average Bonchev–Trinajstić information content (AvgIpc) is 2.74. The van der Waals surface area contributed by atoms with Crippen molar-refractivity contribution in [3.05, 3.63) is 48.2 Å². The molecule has 0 atom stereocenters. The molecule has 0 unspecified atom stereocenters. The number of nitrogens with zero attached hydrogens (tertiary/aromatic N) is 2. The van der Waals surface area contributed by atoms with Gasteiger partial charge < -0.3 is 20.3 Å². The van der Waals surface area contributed by atoms with Crippen molar-refractivity contribution >= 4 is 23.3 Å². The Morgan fingerprint density at radius 3 is 2.55 bits per heavy atom. The maximum Gasteiger partial charge on any atom is 0.255 e. The van der Waals surface area contributed by atoms with Gasteiger partial charge in [-0.05, 0) is 37.1 Å².